The van der Waals surface area contributed by atoms with Gasteiger partial charge in [-0.1, -0.05) is 35.9 Å². The first-order valence-electron chi connectivity index (χ1n) is 9.33. The van der Waals surface area contributed by atoms with Crippen LogP contribution in [0.2, 0.25) is 5.02 Å². The molecule has 0 spiro atoms. The van der Waals surface area contributed by atoms with Crippen molar-refractivity contribution in [2.45, 2.75) is 18.3 Å². The molecule has 1 aliphatic rings. The second-order valence-electron chi connectivity index (χ2n) is 7.08. The van der Waals surface area contributed by atoms with Gasteiger partial charge in [0.2, 0.25) is 0 Å². The lowest BCUT2D eigenvalue weighted by atomic mass is 9.96. The number of nitrogens with zero attached hydrogens (tertiary/aromatic N) is 1. The highest BCUT2D eigenvalue weighted by Crippen LogP contribution is 2.49. The van der Waals surface area contributed by atoms with Crippen molar-refractivity contribution in [2.24, 2.45) is 0 Å². The summed E-state index contributed by atoms with van der Waals surface area (Å²) in [6, 6.07) is 14.2. The Balaban J connectivity index is 1.57. The van der Waals surface area contributed by atoms with E-state index in [0.29, 0.717) is 28.9 Å². The number of hydrogen-bond acceptors (Lipinski definition) is 6. The Bertz CT molecular complexity index is 1110. The number of carbonyl (C=O) groups is 2. The standard InChI is InChI=1S/C22H19ClN2O5/c1-29-20(27)18(19-24-15-4-2-3-5-16(15)25-19)17(26)12-30-21(28)22(10-11-22)13-6-8-14(23)9-7-13/h2-9,26H,10-12H2,1H3,(H,24,25)/b18-17+. The number of fused-ring (bicyclic) bond motifs is 1. The normalized spacial score (nSPS) is 15.4. The zero-order valence-electron chi connectivity index (χ0n) is 16.1. The van der Waals surface area contributed by atoms with Crippen molar-refractivity contribution in [2.75, 3.05) is 13.7 Å². The lowest BCUT2D eigenvalue weighted by Gasteiger charge is -2.15. The number of H-pyrrole nitrogens is 1. The Labute approximate surface area is 177 Å². The molecule has 0 atom stereocenters. The predicted octanol–water partition coefficient (Wildman–Crippen LogP) is 3.93. The van der Waals surface area contributed by atoms with Gasteiger partial charge in [-0.25, -0.2) is 9.78 Å². The summed E-state index contributed by atoms with van der Waals surface area (Å²) < 4.78 is 10.1. The predicted molar refractivity (Wildman–Crippen MR) is 111 cm³/mol. The average molecular weight is 427 g/mol. The van der Waals surface area contributed by atoms with Gasteiger partial charge < -0.3 is 19.6 Å². The Morgan fingerprint density at radius 3 is 2.50 bits per heavy atom. The van der Waals surface area contributed by atoms with E-state index >= 15 is 0 Å². The molecule has 4 rings (SSSR count). The van der Waals surface area contributed by atoms with E-state index in [-0.39, 0.29) is 11.4 Å². The highest BCUT2D eigenvalue weighted by atomic mass is 35.5. The van der Waals surface area contributed by atoms with Gasteiger partial charge in [-0.3, -0.25) is 4.79 Å². The molecule has 1 heterocycles. The van der Waals surface area contributed by atoms with E-state index in [1.165, 1.54) is 7.11 Å². The molecule has 30 heavy (non-hydrogen) atoms. The third-order valence-corrected chi connectivity index (χ3v) is 5.43. The fourth-order valence-electron chi connectivity index (χ4n) is 3.37. The highest BCUT2D eigenvalue weighted by Gasteiger charge is 2.52. The molecule has 0 radical (unpaired) electrons. The van der Waals surface area contributed by atoms with Crippen LogP contribution in [0.3, 0.4) is 0 Å². The van der Waals surface area contributed by atoms with Crippen molar-refractivity contribution in [3.8, 4) is 0 Å². The summed E-state index contributed by atoms with van der Waals surface area (Å²) in [7, 11) is 1.20. The largest absolute Gasteiger partial charge is 0.508 e. The maximum atomic E-state index is 12.7. The van der Waals surface area contributed by atoms with Crippen LogP contribution in [0.15, 0.2) is 54.3 Å². The van der Waals surface area contributed by atoms with Crippen LogP contribution in [0.5, 0.6) is 0 Å². The molecule has 0 bridgehead atoms. The van der Waals surface area contributed by atoms with Gasteiger partial charge in [-0.05, 0) is 42.7 Å². The number of benzene rings is 2. The SMILES string of the molecule is COC(=O)/C(=C(/O)COC(=O)C1(c2ccc(Cl)cc2)CC1)c1nc2ccccc2[nH]1. The number of esters is 2. The average Bonchev–Trinajstić information content (AvgIpc) is 3.45. The number of halogens is 1. The van der Waals surface area contributed by atoms with Crippen LogP contribution in [-0.2, 0) is 24.5 Å². The maximum Gasteiger partial charge on any atom is 0.345 e. The number of imidazole rings is 1. The number of aromatic amines is 1. The third-order valence-electron chi connectivity index (χ3n) is 5.18. The van der Waals surface area contributed by atoms with E-state index in [4.69, 9.17) is 21.1 Å². The summed E-state index contributed by atoms with van der Waals surface area (Å²) >= 11 is 5.92. The number of rotatable bonds is 6. The number of nitrogens with one attached hydrogen (secondary N) is 1. The zero-order chi connectivity index (χ0) is 21.3. The first kappa shape index (κ1) is 20.0. The number of ether oxygens (including phenoxy) is 2. The number of methoxy groups -OCH3 is 1. The minimum atomic E-state index is -0.790. The number of aliphatic hydroxyl groups excluding tert-OH is 1. The van der Waals surface area contributed by atoms with E-state index in [9.17, 15) is 14.7 Å². The number of aromatic nitrogens is 2. The van der Waals surface area contributed by atoms with E-state index in [1.54, 1.807) is 36.4 Å². The molecule has 0 unspecified atom stereocenters. The van der Waals surface area contributed by atoms with Crippen molar-refractivity contribution in [3.05, 3.63) is 70.7 Å². The Morgan fingerprint density at radius 1 is 1.17 bits per heavy atom. The lowest BCUT2D eigenvalue weighted by Crippen LogP contribution is -2.24. The van der Waals surface area contributed by atoms with Gasteiger partial charge in [0.25, 0.3) is 0 Å². The van der Waals surface area contributed by atoms with Crippen LogP contribution in [-0.4, -0.2) is 40.7 Å². The summed E-state index contributed by atoms with van der Waals surface area (Å²) in [4.78, 5) is 32.3. The number of para-hydroxylation sites is 2. The van der Waals surface area contributed by atoms with Gasteiger partial charge in [-0.2, -0.15) is 0 Å². The monoisotopic (exact) mass is 426 g/mol. The molecule has 2 N–H and O–H groups in total. The Kier molecular flexibility index (Phi) is 5.22. The van der Waals surface area contributed by atoms with Crippen molar-refractivity contribution >= 4 is 40.1 Å². The molecule has 0 amide bonds. The number of aliphatic hydroxyl groups is 1. The smallest absolute Gasteiger partial charge is 0.345 e. The maximum absolute atomic E-state index is 12.7. The molecule has 1 fully saturated rings. The van der Waals surface area contributed by atoms with Gasteiger partial charge in [0.05, 0.1) is 23.6 Å². The molecule has 2 aromatic carbocycles. The van der Waals surface area contributed by atoms with Gasteiger partial charge in [0, 0.05) is 5.02 Å². The summed E-state index contributed by atoms with van der Waals surface area (Å²) in [6.07, 6.45) is 1.29. The topological polar surface area (TPSA) is 102 Å². The van der Waals surface area contributed by atoms with Gasteiger partial charge in [-0.15, -0.1) is 0 Å². The van der Waals surface area contributed by atoms with Crippen molar-refractivity contribution in [1.29, 1.82) is 0 Å². The van der Waals surface area contributed by atoms with Crippen LogP contribution in [0.1, 0.15) is 24.2 Å². The fraction of sp³-hybridized carbons (Fsp3) is 0.227. The lowest BCUT2D eigenvalue weighted by molar-refractivity contribution is -0.146. The van der Waals surface area contributed by atoms with Gasteiger partial charge in [0.1, 0.15) is 23.8 Å². The highest BCUT2D eigenvalue weighted by molar-refractivity contribution is 6.30. The summed E-state index contributed by atoms with van der Waals surface area (Å²) in [5.74, 6) is -1.57. The number of hydrogen-bond donors (Lipinski definition) is 2. The Morgan fingerprint density at radius 2 is 1.87 bits per heavy atom. The van der Waals surface area contributed by atoms with Crippen molar-refractivity contribution < 1.29 is 24.2 Å². The van der Waals surface area contributed by atoms with Crippen LogP contribution < -0.4 is 0 Å². The first-order valence-corrected chi connectivity index (χ1v) is 9.71. The quantitative estimate of drug-likeness (QED) is 0.352. The zero-order valence-corrected chi connectivity index (χ0v) is 16.9. The molecule has 7 nitrogen and oxygen atoms in total. The molecule has 1 aromatic heterocycles. The fourth-order valence-corrected chi connectivity index (χ4v) is 3.50. The minimum Gasteiger partial charge on any atom is -0.508 e. The van der Waals surface area contributed by atoms with Crippen LogP contribution >= 0.6 is 11.6 Å². The molecular formula is C22H19ClN2O5. The van der Waals surface area contributed by atoms with Gasteiger partial charge >= 0.3 is 11.9 Å². The van der Waals surface area contributed by atoms with Crippen molar-refractivity contribution in [3.63, 3.8) is 0 Å². The molecule has 1 aliphatic carbocycles. The molecule has 0 aliphatic heterocycles. The van der Waals surface area contributed by atoms with Gasteiger partial charge in [0.15, 0.2) is 0 Å². The summed E-state index contributed by atoms with van der Waals surface area (Å²) in [5.41, 5.74) is 1.20. The van der Waals surface area contributed by atoms with E-state index in [1.807, 2.05) is 12.1 Å². The summed E-state index contributed by atoms with van der Waals surface area (Å²) in [6.45, 7) is -0.477. The van der Waals surface area contributed by atoms with E-state index in [0.717, 1.165) is 5.56 Å². The number of carbonyl (C=O) groups excluding carboxylic acids is 2. The molecule has 0 saturated heterocycles. The van der Waals surface area contributed by atoms with Crippen LogP contribution in [0.25, 0.3) is 16.6 Å². The van der Waals surface area contributed by atoms with Crippen LogP contribution in [0, 0.1) is 0 Å². The molecule has 3 aromatic rings. The van der Waals surface area contributed by atoms with Crippen molar-refractivity contribution in [1.82, 2.24) is 9.97 Å². The molecule has 8 heteroatoms. The molecular weight excluding hydrogens is 408 g/mol. The molecule has 1 saturated carbocycles. The second-order valence-corrected chi connectivity index (χ2v) is 7.52. The third kappa shape index (κ3) is 3.64. The second kappa shape index (κ2) is 7.84. The Hall–Kier alpha value is -3.32. The van der Waals surface area contributed by atoms with E-state index < -0.39 is 29.7 Å². The molecule has 154 valence electrons. The van der Waals surface area contributed by atoms with Crippen LogP contribution in [0.4, 0.5) is 0 Å². The van der Waals surface area contributed by atoms with E-state index in [2.05, 4.69) is 9.97 Å². The minimum absolute atomic E-state index is 0.135. The summed E-state index contributed by atoms with van der Waals surface area (Å²) in [5, 5.41) is 11.1. The first-order chi connectivity index (χ1) is 14.4.